The highest BCUT2D eigenvalue weighted by Crippen LogP contribution is 2.20. The number of carbonyl (C=O) groups is 2. The number of carbonyl (C=O) groups excluding carboxylic acids is 2. The van der Waals surface area contributed by atoms with Crippen molar-refractivity contribution in [2.75, 3.05) is 20.2 Å². The molecule has 0 bridgehead atoms. The van der Waals surface area contributed by atoms with E-state index in [2.05, 4.69) is 20.8 Å². The molecule has 2 heterocycles. The van der Waals surface area contributed by atoms with E-state index in [1.807, 2.05) is 13.8 Å². The van der Waals surface area contributed by atoms with Crippen molar-refractivity contribution in [1.82, 2.24) is 30.2 Å². The van der Waals surface area contributed by atoms with Crippen LogP contribution in [-0.2, 0) is 17.8 Å². The van der Waals surface area contributed by atoms with Gasteiger partial charge in [-0.3, -0.25) is 19.0 Å². The van der Waals surface area contributed by atoms with E-state index in [-0.39, 0.29) is 24.9 Å². The Labute approximate surface area is 179 Å². The number of aromatic nitrogens is 4. The number of nitrogens with zero attached hydrogens (tertiary/aromatic N) is 4. The van der Waals surface area contributed by atoms with Gasteiger partial charge < -0.3 is 15.4 Å². The van der Waals surface area contributed by atoms with E-state index in [0.717, 1.165) is 0 Å². The first kappa shape index (κ1) is 23.2. The summed E-state index contributed by atoms with van der Waals surface area (Å²) in [4.78, 5) is 25.0. The summed E-state index contributed by atoms with van der Waals surface area (Å²) in [5, 5.41) is 14.6. The van der Waals surface area contributed by atoms with Crippen molar-refractivity contribution in [3.63, 3.8) is 0 Å². The van der Waals surface area contributed by atoms with Crippen LogP contribution in [0.4, 0.5) is 0 Å². The van der Waals surface area contributed by atoms with Gasteiger partial charge in [0.2, 0.25) is 0 Å². The number of hydrogen-bond donors (Lipinski definition) is 2. The lowest BCUT2D eigenvalue weighted by Crippen LogP contribution is -2.41. The molecular formula is C18H26Cl2N6O3. The van der Waals surface area contributed by atoms with Crippen LogP contribution in [0.2, 0.25) is 10.3 Å². The van der Waals surface area contributed by atoms with Crippen molar-refractivity contribution in [2.24, 2.45) is 0 Å². The summed E-state index contributed by atoms with van der Waals surface area (Å²) in [6.45, 7) is 8.73. The fraction of sp³-hybridized carbons (Fsp3) is 0.556. The fourth-order valence-corrected chi connectivity index (χ4v) is 3.63. The monoisotopic (exact) mass is 444 g/mol. The number of rotatable bonds is 9. The third kappa shape index (κ3) is 5.09. The first-order valence-corrected chi connectivity index (χ1v) is 10.1. The van der Waals surface area contributed by atoms with Crippen LogP contribution < -0.4 is 10.6 Å². The number of halogens is 2. The molecule has 0 radical (unpaired) electrons. The minimum absolute atomic E-state index is 0.184. The Morgan fingerprint density at radius 2 is 1.31 bits per heavy atom. The van der Waals surface area contributed by atoms with Crippen LogP contribution in [0.3, 0.4) is 0 Å². The molecular weight excluding hydrogens is 419 g/mol. The largest absolute Gasteiger partial charge is 0.378 e. The van der Waals surface area contributed by atoms with Gasteiger partial charge in [-0.15, -0.1) is 0 Å². The number of hydrogen-bond acceptors (Lipinski definition) is 5. The van der Waals surface area contributed by atoms with Crippen molar-refractivity contribution in [2.45, 2.75) is 46.9 Å². The van der Waals surface area contributed by atoms with Crippen LogP contribution >= 0.6 is 23.2 Å². The number of aryl methyl sites for hydroxylation is 4. The maximum absolute atomic E-state index is 12.5. The van der Waals surface area contributed by atoms with Gasteiger partial charge in [-0.25, -0.2) is 0 Å². The molecule has 0 aliphatic carbocycles. The highest BCUT2D eigenvalue weighted by Gasteiger charge is 2.22. The van der Waals surface area contributed by atoms with E-state index in [4.69, 9.17) is 27.9 Å². The molecule has 2 N–H and O–H groups in total. The molecule has 29 heavy (non-hydrogen) atoms. The number of nitrogens with one attached hydrogen (secondary N) is 2. The van der Waals surface area contributed by atoms with Crippen LogP contribution in [0, 0.1) is 13.8 Å². The molecule has 0 aliphatic heterocycles. The molecule has 0 atom stereocenters. The van der Waals surface area contributed by atoms with Crippen molar-refractivity contribution in [3.8, 4) is 0 Å². The maximum Gasteiger partial charge on any atom is 0.256 e. The molecule has 0 saturated heterocycles. The second-order valence-electron chi connectivity index (χ2n) is 6.41. The number of amides is 2. The Hall–Kier alpha value is -2.10. The Morgan fingerprint density at radius 1 is 0.931 bits per heavy atom. The minimum Gasteiger partial charge on any atom is -0.378 e. The predicted molar refractivity (Wildman–Crippen MR) is 111 cm³/mol. The summed E-state index contributed by atoms with van der Waals surface area (Å²) in [6, 6.07) is 0. The van der Waals surface area contributed by atoms with Crippen molar-refractivity contribution < 1.29 is 14.3 Å². The zero-order chi connectivity index (χ0) is 21.7. The quantitative estimate of drug-likeness (QED) is 0.616. The summed E-state index contributed by atoms with van der Waals surface area (Å²) < 4.78 is 8.48. The van der Waals surface area contributed by atoms with Gasteiger partial charge in [0.1, 0.15) is 10.3 Å². The predicted octanol–water partition coefficient (Wildman–Crippen LogP) is 2.22. The van der Waals surface area contributed by atoms with Crippen LogP contribution in [0.25, 0.3) is 0 Å². The number of methoxy groups -OCH3 is 1. The molecule has 0 fully saturated rings. The summed E-state index contributed by atoms with van der Waals surface area (Å²) in [5.41, 5.74) is 1.77. The van der Waals surface area contributed by atoms with Gasteiger partial charge in [-0.2, -0.15) is 10.2 Å². The second-order valence-corrected chi connectivity index (χ2v) is 7.13. The minimum atomic E-state index is -0.441. The molecule has 0 unspecified atom stereocenters. The van der Waals surface area contributed by atoms with E-state index < -0.39 is 6.10 Å². The Balaban J connectivity index is 1.96. The lowest BCUT2D eigenvalue weighted by Gasteiger charge is -2.17. The normalized spacial score (nSPS) is 11.2. The molecule has 11 heteroatoms. The average Bonchev–Trinajstić information content (AvgIpc) is 3.15. The summed E-state index contributed by atoms with van der Waals surface area (Å²) >= 11 is 12.4. The van der Waals surface area contributed by atoms with E-state index in [0.29, 0.717) is 45.9 Å². The van der Waals surface area contributed by atoms with E-state index in [1.165, 1.54) is 7.11 Å². The van der Waals surface area contributed by atoms with Crippen LogP contribution in [0.15, 0.2) is 0 Å². The van der Waals surface area contributed by atoms with Crippen molar-refractivity contribution in [3.05, 3.63) is 32.8 Å². The molecule has 0 aromatic carbocycles. The second kappa shape index (κ2) is 10.1. The summed E-state index contributed by atoms with van der Waals surface area (Å²) in [5.74, 6) is -0.688. The zero-order valence-corrected chi connectivity index (χ0v) is 18.7. The Bertz CT molecular complexity index is 823. The van der Waals surface area contributed by atoms with E-state index >= 15 is 0 Å². The molecule has 2 aromatic rings. The molecule has 2 amide bonds. The van der Waals surface area contributed by atoms with Gasteiger partial charge in [0.05, 0.1) is 28.6 Å². The van der Waals surface area contributed by atoms with Crippen molar-refractivity contribution >= 4 is 35.0 Å². The third-order valence-electron chi connectivity index (χ3n) is 4.50. The highest BCUT2D eigenvalue weighted by atomic mass is 35.5. The molecule has 0 spiro atoms. The zero-order valence-electron chi connectivity index (χ0n) is 17.2. The molecule has 9 nitrogen and oxygen atoms in total. The molecule has 160 valence electrons. The Morgan fingerprint density at radius 3 is 1.59 bits per heavy atom. The van der Waals surface area contributed by atoms with E-state index in [9.17, 15) is 9.59 Å². The summed E-state index contributed by atoms with van der Waals surface area (Å²) in [7, 11) is 1.50. The van der Waals surface area contributed by atoms with Gasteiger partial charge in [0.15, 0.2) is 0 Å². The topological polar surface area (TPSA) is 103 Å². The first-order chi connectivity index (χ1) is 13.7. The van der Waals surface area contributed by atoms with E-state index in [1.54, 1.807) is 23.2 Å². The Kier molecular flexibility index (Phi) is 8.06. The van der Waals surface area contributed by atoms with Crippen LogP contribution in [-0.4, -0.2) is 57.7 Å². The smallest absolute Gasteiger partial charge is 0.256 e. The SMILES string of the molecule is CCn1nc(C)c(C(=O)NCC(CNC(=O)c2c(C)nn(CC)c2Cl)OC)c1Cl. The van der Waals surface area contributed by atoms with Crippen LogP contribution in [0.1, 0.15) is 46.0 Å². The van der Waals surface area contributed by atoms with Gasteiger partial charge >= 0.3 is 0 Å². The van der Waals surface area contributed by atoms with Crippen molar-refractivity contribution in [1.29, 1.82) is 0 Å². The highest BCUT2D eigenvalue weighted by molar-refractivity contribution is 6.33. The standard InChI is InChI=1S/C18H26Cl2N6O3/c1-6-25-15(19)13(10(3)23-25)17(27)21-8-12(29-5)9-22-18(28)14-11(4)24-26(7-2)16(14)20/h12H,6-9H2,1-5H3,(H,21,27)(H,22,28). The maximum atomic E-state index is 12.5. The molecule has 0 aliphatic rings. The van der Waals surface area contributed by atoms with Gasteiger partial charge in [-0.1, -0.05) is 23.2 Å². The van der Waals surface area contributed by atoms with Gasteiger partial charge in [-0.05, 0) is 27.7 Å². The van der Waals surface area contributed by atoms with Gasteiger partial charge in [0, 0.05) is 33.3 Å². The molecule has 0 saturated carbocycles. The first-order valence-electron chi connectivity index (χ1n) is 9.29. The van der Waals surface area contributed by atoms with Gasteiger partial charge in [0.25, 0.3) is 11.8 Å². The average molecular weight is 445 g/mol. The van der Waals surface area contributed by atoms with Crippen LogP contribution in [0.5, 0.6) is 0 Å². The number of ether oxygens (including phenoxy) is 1. The molecule has 2 aromatic heterocycles. The molecule has 2 rings (SSSR count). The third-order valence-corrected chi connectivity index (χ3v) is 5.27. The lowest BCUT2D eigenvalue weighted by molar-refractivity contribution is 0.0775. The lowest BCUT2D eigenvalue weighted by atomic mass is 10.2. The summed E-state index contributed by atoms with van der Waals surface area (Å²) in [6.07, 6.45) is -0.441. The fourth-order valence-electron chi connectivity index (χ4n) is 2.87.